The Morgan fingerprint density at radius 1 is 1.19 bits per heavy atom. The van der Waals surface area contributed by atoms with E-state index in [1.165, 1.54) is 6.08 Å². The van der Waals surface area contributed by atoms with E-state index < -0.39 is 0 Å². The molecule has 136 valence electrons. The highest BCUT2D eigenvalue weighted by atomic mass is 35.5. The normalized spacial score (nSPS) is 14.9. The van der Waals surface area contributed by atoms with Crippen LogP contribution in [0.5, 0.6) is 0 Å². The number of hydrogen-bond acceptors (Lipinski definition) is 3. The lowest BCUT2D eigenvalue weighted by atomic mass is 9.96. The molecule has 0 saturated carbocycles. The fourth-order valence-corrected chi connectivity index (χ4v) is 3.49. The molecule has 1 fully saturated rings. The van der Waals surface area contributed by atoms with Crippen molar-refractivity contribution in [1.29, 1.82) is 0 Å². The topological polar surface area (TPSA) is 78.1 Å². The lowest BCUT2D eigenvalue weighted by molar-refractivity contribution is -0.130. The molecule has 0 unspecified atom stereocenters. The Hall–Kier alpha value is -2.31. The van der Waals surface area contributed by atoms with Crippen LogP contribution in [0.15, 0.2) is 36.9 Å². The van der Waals surface area contributed by atoms with Crippen LogP contribution in [0.3, 0.4) is 0 Å². The fourth-order valence-electron chi connectivity index (χ4n) is 2.96. The van der Waals surface area contributed by atoms with Gasteiger partial charge in [0.25, 0.3) is 0 Å². The third kappa shape index (κ3) is 4.26. The number of hydrogen-bond donors (Lipinski definition) is 2. The van der Waals surface area contributed by atoms with Gasteiger partial charge in [-0.2, -0.15) is 5.10 Å². The molecule has 1 aromatic heterocycles. The van der Waals surface area contributed by atoms with E-state index in [1.54, 1.807) is 29.2 Å². The smallest absolute Gasteiger partial charge is 0.245 e. The van der Waals surface area contributed by atoms with Crippen molar-refractivity contribution in [2.45, 2.75) is 12.8 Å². The zero-order valence-corrected chi connectivity index (χ0v) is 15.5. The number of nitrogens with one attached hydrogen (secondary N) is 2. The first-order valence-corrected chi connectivity index (χ1v) is 8.96. The third-order valence-electron chi connectivity index (χ3n) is 4.35. The summed E-state index contributed by atoms with van der Waals surface area (Å²) >= 11 is 12.0. The summed E-state index contributed by atoms with van der Waals surface area (Å²) in [5, 5.41) is 10.9. The van der Waals surface area contributed by atoms with Crippen molar-refractivity contribution >= 4 is 40.8 Å². The molecule has 1 aliphatic rings. The summed E-state index contributed by atoms with van der Waals surface area (Å²) < 4.78 is 0. The first-order valence-electron chi connectivity index (χ1n) is 8.20. The molecule has 1 aliphatic heterocycles. The van der Waals surface area contributed by atoms with Gasteiger partial charge in [0.15, 0.2) is 5.82 Å². The zero-order chi connectivity index (χ0) is 18.7. The van der Waals surface area contributed by atoms with E-state index in [0.29, 0.717) is 47.5 Å². The molecule has 0 atom stereocenters. The molecule has 2 N–H and O–H groups in total. The summed E-state index contributed by atoms with van der Waals surface area (Å²) in [4.78, 5) is 25.7. The van der Waals surface area contributed by atoms with Crippen molar-refractivity contribution in [2.75, 3.05) is 18.4 Å². The van der Waals surface area contributed by atoms with Crippen LogP contribution in [0, 0.1) is 5.92 Å². The molecule has 0 spiro atoms. The monoisotopic (exact) mass is 392 g/mol. The first-order chi connectivity index (χ1) is 12.5. The molecule has 1 aromatic carbocycles. The predicted molar refractivity (Wildman–Crippen MR) is 102 cm³/mol. The molecule has 6 nitrogen and oxygen atoms in total. The largest absolute Gasteiger partial charge is 0.339 e. The Labute approximate surface area is 161 Å². The van der Waals surface area contributed by atoms with Crippen molar-refractivity contribution in [1.82, 2.24) is 15.1 Å². The van der Waals surface area contributed by atoms with Crippen LogP contribution >= 0.6 is 23.2 Å². The second kappa shape index (κ2) is 7.93. The van der Waals surface area contributed by atoms with Crippen LogP contribution in [0.4, 0.5) is 5.82 Å². The van der Waals surface area contributed by atoms with Gasteiger partial charge in [0.2, 0.25) is 11.8 Å². The van der Waals surface area contributed by atoms with Gasteiger partial charge in [-0.3, -0.25) is 14.7 Å². The van der Waals surface area contributed by atoms with Crippen LogP contribution < -0.4 is 5.32 Å². The van der Waals surface area contributed by atoms with Crippen LogP contribution in [-0.4, -0.2) is 40.0 Å². The molecule has 0 radical (unpaired) electrons. The van der Waals surface area contributed by atoms with Crippen LogP contribution in [0.1, 0.15) is 12.8 Å². The van der Waals surface area contributed by atoms with E-state index in [4.69, 9.17) is 23.2 Å². The highest BCUT2D eigenvalue weighted by Crippen LogP contribution is 2.27. The molecule has 2 aromatic rings. The summed E-state index contributed by atoms with van der Waals surface area (Å²) in [7, 11) is 0. The van der Waals surface area contributed by atoms with E-state index in [9.17, 15) is 9.59 Å². The standard InChI is InChI=1S/C18H18Cl2N4O2/c1-2-17(25)24-5-3-11(4-6-24)18(26)21-16-10-15(22-23-16)12-7-13(19)9-14(20)8-12/h2,7-11H,1,3-6H2,(H2,21,22,23,26). The maximum Gasteiger partial charge on any atom is 0.245 e. The highest BCUT2D eigenvalue weighted by Gasteiger charge is 2.26. The number of anilines is 1. The Morgan fingerprint density at radius 3 is 2.46 bits per heavy atom. The Bertz CT molecular complexity index is 821. The van der Waals surface area contributed by atoms with E-state index in [2.05, 4.69) is 22.1 Å². The van der Waals surface area contributed by atoms with Crippen LogP contribution in [-0.2, 0) is 9.59 Å². The second-order valence-corrected chi connectivity index (χ2v) is 6.99. The number of rotatable bonds is 4. The molecule has 1 saturated heterocycles. The van der Waals surface area contributed by atoms with Crippen molar-refractivity contribution in [3.8, 4) is 11.3 Å². The van der Waals surface area contributed by atoms with Crippen LogP contribution in [0.25, 0.3) is 11.3 Å². The Balaban J connectivity index is 1.61. The zero-order valence-electron chi connectivity index (χ0n) is 14.0. The molecule has 0 aliphatic carbocycles. The minimum Gasteiger partial charge on any atom is -0.339 e. The average molecular weight is 393 g/mol. The number of carbonyl (C=O) groups excluding carboxylic acids is 2. The van der Waals surface area contributed by atoms with Gasteiger partial charge >= 0.3 is 0 Å². The van der Waals surface area contributed by atoms with Gasteiger partial charge in [-0.1, -0.05) is 29.8 Å². The second-order valence-electron chi connectivity index (χ2n) is 6.12. The van der Waals surface area contributed by atoms with Gasteiger partial charge < -0.3 is 10.2 Å². The minimum absolute atomic E-state index is 0.0963. The highest BCUT2D eigenvalue weighted by molar-refractivity contribution is 6.35. The number of H-pyrrole nitrogens is 1. The molecular formula is C18H18Cl2N4O2. The summed E-state index contributed by atoms with van der Waals surface area (Å²) in [6, 6.07) is 6.91. The van der Waals surface area contributed by atoms with Gasteiger partial charge in [-0.25, -0.2) is 0 Å². The Morgan fingerprint density at radius 2 is 1.85 bits per heavy atom. The minimum atomic E-state index is -0.148. The molecule has 2 heterocycles. The maximum atomic E-state index is 12.4. The van der Waals surface area contributed by atoms with Crippen molar-refractivity contribution in [2.24, 2.45) is 5.92 Å². The number of aromatic nitrogens is 2. The van der Waals surface area contributed by atoms with Gasteiger partial charge in [0.05, 0.1) is 5.69 Å². The SMILES string of the molecule is C=CC(=O)N1CCC(C(=O)Nc2cc(-c3cc(Cl)cc(Cl)c3)[nH]n2)CC1. The molecule has 2 amide bonds. The van der Waals surface area contributed by atoms with Crippen molar-refractivity contribution < 1.29 is 9.59 Å². The fraction of sp³-hybridized carbons (Fsp3) is 0.278. The number of aromatic amines is 1. The van der Waals surface area contributed by atoms with E-state index in [1.807, 2.05) is 0 Å². The van der Waals surface area contributed by atoms with Crippen LogP contribution in [0.2, 0.25) is 10.0 Å². The first kappa shape index (κ1) is 18.5. The van der Waals surface area contributed by atoms with Gasteiger partial charge in [0.1, 0.15) is 0 Å². The molecule has 3 rings (SSSR count). The van der Waals surface area contributed by atoms with Gasteiger partial charge in [0, 0.05) is 40.7 Å². The van der Waals surface area contributed by atoms with Gasteiger partial charge in [-0.05, 0) is 37.1 Å². The molecule has 26 heavy (non-hydrogen) atoms. The number of likely N-dealkylation sites (tertiary alicyclic amines) is 1. The lowest BCUT2D eigenvalue weighted by Gasteiger charge is -2.30. The van der Waals surface area contributed by atoms with E-state index in [0.717, 1.165) is 5.56 Å². The van der Waals surface area contributed by atoms with E-state index in [-0.39, 0.29) is 17.7 Å². The predicted octanol–water partition coefficient (Wildman–Crippen LogP) is 3.75. The molecular weight excluding hydrogens is 375 g/mol. The summed E-state index contributed by atoms with van der Waals surface area (Å²) in [6.07, 6.45) is 2.53. The number of benzene rings is 1. The Kier molecular flexibility index (Phi) is 5.64. The van der Waals surface area contributed by atoms with Gasteiger partial charge in [-0.15, -0.1) is 0 Å². The number of amides is 2. The molecule has 8 heteroatoms. The summed E-state index contributed by atoms with van der Waals surface area (Å²) in [6.45, 7) is 4.59. The summed E-state index contributed by atoms with van der Waals surface area (Å²) in [5.74, 6) is 0.0918. The average Bonchev–Trinajstić information content (AvgIpc) is 3.09. The third-order valence-corrected chi connectivity index (χ3v) is 4.79. The van der Waals surface area contributed by atoms with Crippen molar-refractivity contribution in [3.63, 3.8) is 0 Å². The van der Waals surface area contributed by atoms with E-state index >= 15 is 0 Å². The maximum absolute atomic E-state index is 12.4. The number of halogens is 2. The lowest BCUT2D eigenvalue weighted by Crippen LogP contribution is -2.40. The number of carbonyl (C=O) groups is 2. The summed E-state index contributed by atoms with van der Waals surface area (Å²) in [5.41, 5.74) is 1.49. The molecule has 0 bridgehead atoms. The quantitative estimate of drug-likeness (QED) is 0.777. The van der Waals surface area contributed by atoms with Crippen molar-refractivity contribution in [3.05, 3.63) is 47.0 Å². The number of piperidine rings is 1. The number of nitrogens with zero attached hydrogens (tertiary/aromatic N) is 2.